The van der Waals surface area contributed by atoms with Crippen molar-refractivity contribution < 1.29 is 13.9 Å². The Morgan fingerprint density at radius 2 is 1.74 bits per heavy atom. The summed E-state index contributed by atoms with van der Waals surface area (Å²) in [6.45, 7) is 2.23. The van der Waals surface area contributed by atoms with Crippen molar-refractivity contribution in [2.45, 2.75) is 26.1 Å². The molecule has 0 unspecified atom stereocenters. The molecule has 0 spiro atoms. The summed E-state index contributed by atoms with van der Waals surface area (Å²) in [5.41, 5.74) is 4.64. The van der Waals surface area contributed by atoms with Crippen LogP contribution in [0.15, 0.2) is 120 Å². The summed E-state index contributed by atoms with van der Waals surface area (Å²) in [6, 6.07) is 29.9. The Balaban J connectivity index is 1.16. The highest BCUT2D eigenvalue weighted by Gasteiger charge is 2.17. The topological polar surface area (TPSA) is 96.3 Å². The van der Waals surface area contributed by atoms with E-state index in [0.29, 0.717) is 25.5 Å². The Kier molecular flexibility index (Phi) is 8.33. The number of rotatable bonds is 12. The van der Waals surface area contributed by atoms with E-state index in [4.69, 9.17) is 9.15 Å². The molecule has 0 aliphatic rings. The van der Waals surface area contributed by atoms with Crippen molar-refractivity contribution in [2.75, 3.05) is 6.54 Å². The molecule has 3 heterocycles. The van der Waals surface area contributed by atoms with Crippen LogP contribution in [0.3, 0.4) is 0 Å². The fourth-order valence-corrected chi connectivity index (χ4v) is 4.88. The van der Waals surface area contributed by atoms with Crippen LogP contribution in [-0.2, 0) is 26.1 Å². The monoisotopic (exact) mass is 557 g/mol. The fourth-order valence-electron chi connectivity index (χ4n) is 4.88. The van der Waals surface area contributed by atoms with Gasteiger partial charge in [0.1, 0.15) is 17.8 Å². The number of amides is 1. The number of carbonyl (C=O) groups is 1. The summed E-state index contributed by atoms with van der Waals surface area (Å²) in [5, 5.41) is 4.10. The average molecular weight is 558 g/mol. The minimum Gasteiger partial charge on any atom is -0.457 e. The van der Waals surface area contributed by atoms with Crippen molar-refractivity contribution in [3.63, 3.8) is 0 Å². The molecule has 2 N–H and O–H groups in total. The molecule has 3 aromatic carbocycles. The largest absolute Gasteiger partial charge is 0.457 e. The van der Waals surface area contributed by atoms with Gasteiger partial charge in [0, 0.05) is 49.1 Å². The van der Waals surface area contributed by atoms with Crippen LogP contribution in [0.2, 0.25) is 0 Å². The average Bonchev–Trinajstić information content (AvgIpc) is 3.67. The second-order valence-corrected chi connectivity index (χ2v) is 10.1. The molecule has 8 nitrogen and oxygen atoms in total. The molecule has 210 valence electrons. The van der Waals surface area contributed by atoms with Crippen molar-refractivity contribution in [3.05, 3.63) is 144 Å². The number of fused-ring (bicyclic) bond motifs is 1. The highest BCUT2D eigenvalue weighted by molar-refractivity contribution is 5.91. The van der Waals surface area contributed by atoms with Crippen LogP contribution in [0.25, 0.3) is 10.9 Å². The predicted molar refractivity (Wildman–Crippen MR) is 161 cm³/mol. The maximum absolute atomic E-state index is 12.7. The van der Waals surface area contributed by atoms with Gasteiger partial charge < -0.3 is 19.5 Å². The smallest absolute Gasteiger partial charge is 0.273 e. The van der Waals surface area contributed by atoms with Crippen molar-refractivity contribution in [3.8, 4) is 11.5 Å². The normalized spacial score (nSPS) is 11.2. The van der Waals surface area contributed by atoms with E-state index in [2.05, 4.69) is 61.7 Å². The Bertz CT molecular complexity index is 1750. The molecule has 1 amide bonds. The molecule has 6 rings (SSSR count). The first-order valence-corrected chi connectivity index (χ1v) is 13.9. The number of nitrogens with one attached hydrogen (secondary N) is 2. The first-order valence-electron chi connectivity index (χ1n) is 13.9. The number of H-pyrrole nitrogens is 1. The van der Waals surface area contributed by atoms with Crippen LogP contribution in [0.1, 0.15) is 33.1 Å². The molecule has 0 aliphatic carbocycles. The second kappa shape index (κ2) is 13.0. The van der Waals surface area contributed by atoms with E-state index in [1.54, 1.807) is 12.4 Å². The maximum atomic E-state index is 12.7. The Morgan fingerprint density at radius 1 is 0.905 bits per heavy atom. The number of aromatic amines is 1. The number of carbonyl (C=O) groups excluding carboxylic acids is 1. The molecule has 0 saturated heterocycles. The third-order valence-corrected chi connectivity index (χ3v) is 6.97. The Labute approximate surface area is 244 Å². The Hall–Kier alpha value is -5.21. The van der Waals surface area contributed by atoms with Crippen LogP contribution in [0.5, 0.6) is 11.5 Å². The van der Waals surface area contributed by atoms with Gasteiger partial charge in [0.05, 0.1) is 6.54 Å². The highest BCUT2D eigenvalue weighted by atomic mass is 16.5. The summed E-state index contributed by atoms with van der Waals surface area (Å²) in [4.78, 5) is 26.9. The second-order valence-electron chi connectivity index (χ2n) is 10.1. The molecule has 0 bridgehead atoms. The van der Waals surface area contributed by atoms with Gasteiger partial charge in [-0.05, 0) is 59.5 Å². The number of oxazole rings is 1. The number of ether oxygens (including phenoxy) is 1. The minimum atomic E-state index is -0.287. The lowest BCUT2D eigenvalue weighted by molar-refractivity contribution is 0.0945. The van der Waals surface area contributed by atoms with E-state index >= 15 is 0 Å². The van der Waals surface area contributed by atoms with Crippen molar-refractivity contribution >= 4 is 16.8 Å². The molecule has 0 aliphatic heterocycles. The van der Waals surface area contributed by atoms with E-state index < -0.39 is 0 Å². The summed E-state index contributed by atoms with van der Waals surface area (Å²) in [6.07, 6.45) is 7.75. The van der Waals surface area contributed by atoms with Crippen molar-refractivity contribution in [1.29, 1.82) is 0 Å². The molecule has 0 radical (unpaired) electrons. The zero-order chi connectivity index (χ0) is 28.6. The van der Waals surface area contributed by atoms with Gasteiger partial charge in [0.2, 0.25) is 5.89 Å². The van der Waals surface area contributed by atoms with E-state index in [-0.39, 0.29) is 11.6 Å². The van der Waals surface area contributed by atoms with Gasteiger partial charge in [-0.15, -0.1) is 0 Å². The van der Waals surface area contributed by atoms with E-state index in [1.807, 2.05) is 60.7 Å². The summed E-state index contributed by atoms with van der Waals surface area (Å²) in [7, 11) is 0. The lowest BCUT2D eigenvalue weighted by Crippen LogP contribution is -2.26. The number of pyridine rings is 1. The van der Waals surface area contributed by atoms with Crippen LogP contribution in [0, 0.1) is 0 Å². The van der Waals surface area contributed by atoms with Crippen molar-refractivity contribution in [1.82, 2.24) is 25.2 Å². The van der Waals surface area contributed by atoms with Gasteiger partial charge in [0.15, 0.2) is 5.69 Å². The molecular formula is C34H31N5O3. The quantitative estimate of drug-likeness (QED) is 0.178. The molecule has 42 heavy (non-hydrogen) atoms. The fraction of sp³-hybridized carbons (Fsp3) is 0.147. The van der Waals surface area contributed by atoms with Crippen LogP contribution < -0.4 is 10.1 Å². The van der Waals surface area contributed by atoms with Gasteiger partial charge in [-0.1, -0.05) is 54.6 Å². The molecule has 6 aromatic rings. The van der Waals surface area contributed by atoms with Gasteiger partial charge in [0.25, 0.3) is 5.91 Å². The third-order valence-electron chi connectivity index (χ3n) is 6.97. The number of hydrogen-bond acceptors (Lipinski definition) is 6. The van der Waals surface area contributed by atoms with Gasteiger partial charge in [-0.2, -0.15) is 0 Å². The lowest BCUT2D eigenvalue weighted by atomic mass is 10.1. The molecule has 3 aromatic heterocycles. The molecule has 8 heteroatoms. The number of nitrogens with zero attached hydrogens (tertiary/aromatic N) is 3. The maximum Gasteiger partial charge on any atom is 0.273 e. The van der Waals surface area contributed by atoms with Crippen LogP contribution in [-0.4, -0.2) is 32.3 Å². The molecule has 0 atom stereocenters. The number of hydrogen-bond donors (Lipinski definition) is 2. The van der Waals surface area contributed by atoms with Crippen LogP contribution in [0.4, 0.5) is 0 Å². The zero-order valence-corrected chi connectivity index (χ0v) is 23.1. The van der Waals surface area contributed by atoms with Gasteiger partial charge in [-0.3, -0.25) is 14.7 Å². The minimum absolute atomic E-state index is 0.253. The SMILES string of the molecule is O=C(NCc1cccnc1)c1coc(CN(CCc2c[nH]c3ccccc23)Cc2cccc(Oc3ccccc3)c2)n1. The summed E-state index contributed by atoms with van der Waals surface area (Å²) >= 11 is 0. The predicted octanol–water partition coefficient (Wildman–Crippen LogP) is 6.52. The van der Waals surface area contributed by atoms with Gasteiger partial charge in [-0.25, -0.2) is 4.98 Å². The lowest BCUT2D eigenvalue weighted by Gasteiger charge is -2.21. The first kappa shape index (κ1) is 27.0. The summed E-state index contributed by atoms with van der Waals surface area (Å²) < 4.78 is 11.8. The number of para-hydroxylation sites is 2. The molecular weight excluding hydrogens is 526 g/mol. The molecule has 0 saturated carbocycles. The van der Waals surface area contributed by atoms with E-state index in [0.717, 1.165) is 41.1 Å². The summed E-state index contributed by atoms with van der Waals surface area (Å²) in [5.74, 6) is 1.76. The van der Waals surface area contributed by atoms with Gasteiger partial charge >= 0.3 is 0 Å². The standard InChI is InChI=1S/C34H31N5O3/c40-34(37-20-26-9-7-16-35-19-26)32-24-41-33(38-32)23-39(17-15-27-21-36-31-14-5-4-13-30(27)31)22-25-8-6-12-29(18-25)42-28-10-2-1-3-11-28/h1-14,16,18-19,21,24,36H,15,17,20,22-23H2,(H,37,40). The number of aromatic nitrogens is 3. The Morgan fingerprint density at radius 3 is 2.62 bits per heavy atom. The third kappa shape index (κ3) is 6.92. The van der Waals surface area contributed by atoms with E-state index in [9.17, 15) is 4.79 Å². The number of benzene rings is 3. The highest BCUT2D eigenvalue weighted by Crippen LogP contribution is 2.24. The zero-order valence-electron chi connectivity index (χ0n) is 23.1. The van der Waals surface area contributed by atoms with E-state index in [1.165, 1.54) is 17.2 Å². The molecule has 0 fully saturated rings. The first-order chi connectivity index (χ1) is 20.7. The van der Waals surface area contributed by atoms with Crippen LogP contribution >= 0.6 is 0 Å². The van der Waals surface area contributed by atoms with Crippen molar-refractivity contribution in [2.24, 2.45) is 0 Å².